The van der Waals surface area contributed by atoms with Crippen molar-refractivity contribution in [3.05, 3.63) is 53.1 Å². The molecule has 0 bridgehead atoms. The molecule has 1 fully saturated rings. The zero-order chi connectivity index (χ0) is 17.6. The van der Waals surface area contributed by atoms with Crippen molar-refractivity contribution in [2.24, 2.45) is 0 Å². The Hall–Kier alpha value is -2.41. The highest BCUT2D eigenvalue weighted by Crippen LogP contribution is 2.26. The van der Waals surface area contributed by atoms with Gasteiger partial charge in [-0.3, -0.25) is 14.3 Å². The van der Waals surface area contributed by atoms with E-state index >= 15 is 0 Å². The van der Waals surface area contributed by atoms with Crippen LogP contribution in [0.25, 0.3) is 0 Å². The first-order chi connectivity index (χ1) is 12.0. The van der Waals surface area contributed by atoms with Crippen LogP contribution in [0.15, 0.2) is 24.8 Å². The average molecular weight is 339 g/mol. The molecule has 1 saturated heterocycles. The van der Waals surface area contributed by atoms with Gasteiger partial charge in [0.25, 0.3) is 0 Å². The van der Waals surface area contributed by atoms with Gasteiger partial charge in [0, 0.05) is 36.7 Å². The van der Waals surface area contributed by atoms with Crippen molar-refractivity contribution < 1.29 is 0 Å². The normalized spacial score (nSPS) is 18.3. The fraction of sp³-hybridized carbons (Fsp3) is 0.500. The van der Waals surface area contributed by atoms with Crippen molar-refractivity contribution >= 4 is 0 Å². The summed E-state index contributed by atoms with van der Waals surface area (Å²) in [5.41, 5.74) is 6.16. The topological polar surface area (TPSA) is 56.7 Å². The van der Waals surface area contributed by atoms with Crippen LogP contribution in [0.2, 0.25) is 0 Å². The van der Waals surface area contributed by atoms with Crippen LogP contribution in [0.3, 0.4) is 0 Å². The molecule has 7 nitrogen and oxygen atoms in total. The van der Waals surface area contributed by atoms with Crippen molar-refractivity contribution in [2.75, 3.05) is 13.1 Å². The molecular weight excluding hydrogens is 314 g/mol. The Morgan fingerprint density at radius 3 is 2.48 bits per heavy atom. The van der Waals surface area contributed by atoms with E-state index in [0.29, 0.717) is 6.04 Å². The molecule has 0 unspecified atom stereocenters. The lowest BCUT2D eigenvalue weighted by Gasteiger charge is -2.17. The quantitative estimate of drug-likeness (QED) is 0.732. The molecule has 1 aliphatic heterocycles. The maximum atomic E-state index is 4.67. The Balaban J connectivity index is 1.50. The molecule has 0 aromatic carbocycles. The molecule has 132 valence electrons. The molecule has 0 amide bonds. The molecule has 3 aromatic heterocycles. The zero-order valence-electron chi connectivity index (χ0n) is 15.3. The van der Waals surface area contributed by atoms with Gasteiger partial charge < -0.3 is 0 Å². The van der Waals surface area contributed by atoms with E-state index in [1.807, 2.05) is 4.68 Å². The number of aromatic nitrogens is 6. The largest absolute Gasteiger partial charge is 0.297 e. The van der Waals surface area contributed by atoms with Gasteiger partial charge in [-0.05, 0) is 51.8 Å². The van der Waals surface area contributed by atoms with Crippen molar-refractivity contribution in [1.29, 1.82) is 0 Å². The molecule has 0 radical (unpaired) electrons. The summed E-state index contributed by atoms with van der Waals surface area (Å²) >= 11 is 0. The third-order valence-electron chi connectivity index (χ3n) is 5.17. The van der Waals surface area contributed by atoms with Crippen molar-refractivity contribution in [3.63, 3.8) is 0 Å². The lowest BCUT2D eigenvalue weighted by atomic mass is 10.2. The number of hydrogen-bond acceptors (Lipinski definition) is 4. The Morgan fingerprint density at radius 1 is 1.04 bits per heavy atom. The number of likely N-dealkylation sites (tertiary alicyclic amines) is 1. The summed E-state index contributed by atoms with van der Waals surface area (Å²) < 4.78 is 6.29. The summed E-state index contributed by atoms with van der Waals surface area (Å²) in [4.78, 5) is 2.53. The molecule has 4 heterocycles. The lowest BCUT2D eigenvalue weighted by Crippen LogP contribution is -2.22. The molecule has 25 heavy (non-hydrogen) atoms. The third kappa shape index (κ3) is 2.89. The molecule has 0 saturated carbocycles. The second-order valence-corrected chi connectivity index (χ2v) is 7.10. The van der Waals surface area contributed by atoms with E-state index < -0.39 is 0 Å². The summed E-state index contributed by atoms with van der Waals surface area (Å²) in [5, 5.41) is 12.5. The van der Waals surface area contributed by atoms with Crippen LogP contribution in [-0.4, -0.2) is 47.3 Å². The highest BCUT2D eigenvalue weighted by Gasteiger charge is 2.26. The van der Waals surface area contributed by atoms with E-state index in [4.69, 9.17) is 0 Å². The van der Waals surface area contributed by atoms with E-state index in [1.165, 1.54) is 22.6 Å². The molecule has 1 aliphatic rings. The van der Waals surface area contributed by atoms with Crippen LogP contribution >= 0.6 is 0 Å². The summed E-state index contributed by atoms with van der Waals surface area (Å²) in [6.07, 6.45) is 4.63. The fourth-order valence-corrected chi connectivity index (χ4v) is 4.04. The Bertz CT molecular complexity index is 872. The van der Waals surface area contributed by atoms with Gasteiger partial charge in [-0.1, -0.05) is 0 Å². The van der Waals surface area contributed by atoms with Gasteiger partial charge in [0.05, 0.1) is 11.7 Å². The van der Waals surface area contributed by atoms with Crippen LogP contribution < -0.4 is 0 Å². The predicted octanol–water partition coefficient (Wildman–Crippen LogP) is 2.27. The van der Waals surface area contributed by atoms with E-state index in [-0.39, 0.29) is 0 Å². The van der Waals surface area contributed by atoms with Gasteiger partial charge in [0.2, 0.25) is 0 Å². The minimum atomic E-state index is 0.482. The maximum Gasteiger partial charge on any atom is 0.139 e. The van der Waals surface area contributed by atoms with Crippen molar-refractivity contribution in [1.82, 2.24) is 34.2 Å². The second kappa shape index (κ2) is 6.15. The van der Waals surface area contributed by atoms with Crippen LogP contribution in [0.4, 0.5) is 0 Å². The van der Waals surface area contributed by atoms with E-state index in [0.717, 1.165) is 31.7 Å². The lowest BCUT2D eigenvalue weighted by molar-refractivity contribution is 0.309. The van der Waals surface area contributed by atoms with Crippen LogP contribution in [0.1, 0.15) is 40.8 Å². The van der Waals surface area contributed by atoms with Crippen molar-refractivity contribution in [2.45, 2.75) is 46.7 Å². The zero-order valence-corrected chi connectivity index (χ0v) is 15.3. The summed E-state index contributed by atoms with van der Waals surface area (Å²) in [6, 6.07) is 4.91. The fourth-order valence-electron chi connectivity index (χ4n) is 4.04. The smallest absolute Gasteiger partial charge is 0.139 e. The number of hydrogen-bond donors (Lipinski definition) is 0. The molecule has 4 rings (SSSR count). The number of aryl methyl sites for hydroxylation is 3. The van der Waals surface area contributed by atoms with Gasteiger partial charge in [-0.25, -0.2) is 4.68 Å². The first kappa shape index (κ1) is 16.1. The highest BCUT2D eigenvalue weighted by atomic mass is 15.5. The third-order valence-corrected chi connectivity index (χ3v) is 5.17. The predicted molar refractivity (Wildman–Crippen MR) is 95.4 cm³/mol. The van der Waals surface area contributed by atoms with Crippen LogP contribution in [0, 0.1) is 27.7 Å². The van der Waals surface area contributed by atoms with Crippen molar-refractivity contribution in [3.8, 4) is 0 Å². The van der Waals surface area contributed by atoms with Gasteiger partial charge in [0.15, 0.2) is 0 Å². The van der Waals surface area contributed by atoms with E-state index in [9.17, 15) is 0 Å². The summed E-state index contributed by atoms with van der Waals surface area (Å²) in [7, 11) is 0. The first-order valence-electron chi connectivity index (χ1n) is 8.81. The molecule has 3 aromatic rings. The summed E-state index contributed by atoms with van der Waals surface area (Å²) in [6.45, 7) is 11.6. The molecule has 0 N–H and O–H groups in total. The van der Waals surface area contributed by atoms with Crippen LogP contribution in [0.5, 0.6) is 0 Å². The first-order valence-corrected chi connectivity index (χ1v) is 8.81. The summed E-state index contributed by atoms with van der Waals surface area (Å²) in [5.74, 6) is 0. The Kier molecular flexibility index (Phi) is 3.95. The molecular formula is C18H25N7. The van der Waals surface area contributed by atoms with Gasteiger partial charge in [0.1, 0.15) is 12.7 Å². The number of nitrogens with zero attached hydrogens (tertiary/aromatic N) is 7. The van der Waals surface area contributed by atoms with Gasteiger partial charge in [-0.2, -0.15) is 5.10 Å². The van der Waals surface area contributed by atoms with Crippen LogP contribution in [-0.2, 0) is 6.54 Å². The number of rotatable bonds is 4. The Labute approximate surface area is 147 Å². The molecule has 0 aliphatic carbocycles. The second-order valence-electron chi connectivity index (χ2n) is 7.10. The molecule has 1 atom stereocenters. The molecule has 0 spiro atoms. The minimum Gasteiger partial charge on any atom is -0.297 e. The maximum absolute atomic E-state index is 4.67. The molecule has 7 heteroatoms. The van der Waals surface area contributed by atoms with Gasteiger partial charge >= 0.3 is 0 Å². The average Bonchev–Trinajstić information content (AvgIpc) is 3.31. The standard InChI is InChI=1S/C18H25N7/c1-13-7-14(2)24(21-13)18-5-6-22(10-18)9-17-8-15(3)25(16(17)4)23-11-19-20-12-23/h7-8,11-12,18H,5-6,9-10H2,1-4H3/t18-/m0/s1. The SMILES string of the molecule is Cc1cc(C)n([C@H]2CCN(Cc3cc(C)n(-n4cnnc4)c3C)C2)n1. The Morgan fingerprint density at radius 2 is 1.80 bits per heavy atom. The minimum absolute atomic E-state index is 0.482. The van der Waals surface area contributed by atoms with E-state index in [1.54, 1.807) is 12.7 Å². The van der Waals surface area contributed by atoms with E-state index in [2.05, 4.69) is 69.4 Å². The highest BCUT2D eigenvalue weighted by molar-refractivity contribution is 5.27. The van der Waals surface area contributed by atoms with Gasteiger partial charge in [-0.15, -0.1) is 10.2 Å². The monoisotopic (exact) mass is 339 g/mol.